The molecule has 0 radical (unpaired) electrons. The summed E-state index contributed by atoms with van der Waals surface area (Å²) in [4.78, 5) is 72.9. The lowest BCUT2D eigenvalue weighted by molar-refractivity contribution is -0.166. The molecule has 1 aromatic rings. The number of aliphatic carboxylic acids is 1. The molecule has 1 aromatic carbocycles. The van der Waals surface area contributed by atoms with Crippen molar-refractivity contribution in [1.29, 1.82) is 0 Å². The maximum Gasteiger partial charge on any atom is 0.305 e. The van der Waals surface area contributed by atoms with Gasteiger partial charge < -0.3 is 25.6 Å². The number of phenols is 1. The van der Waals surface area contributed by atoms with Crippen molar-refractivity contribution in [2.45, 2.75) is 44.3 Å². The summed E-state index contributed by atoms with van der Waals surface area (Å²) >= 11 is 11.7. The Hall–Kier alpha value is -3.38. The number of carbonyl (C=O) groups is 6. The van der Waals surface area contributed by atoms with E-state index in [-0.39, 0.29) is 34.7 Å². The smallest absolute Gasteiger partial charge is 0.305 e. The van der Waals surface area contributed by atoms with E-state index in [0.29, 0.717) is 0 Å². The van der Waals surface area contributed by atoms with Gasteiger partial charge in [-0.05, 0) is 25.5 Å². The van der Waals surface area contributed by atoms with Gasteiger partial charge in [-0.2, -0.15) is 0 Å². The van der Waals surface area contributed by atoms with E-state index >= 15 is 0 Å². The zero-order chi connectivity index (χ0) is 25.7. The minimum absolute atomic E-state index is 0.0515. The van der Waals surface area contributed by atoms with Gasteiger partial charge in [-0.3, -0.25) is 29.0 Å². The van der Waals surface area contributed by atoms with Gasteiger partial charge in [0.1, 0.15) is 18.4 Å². The zero-order valence-corrected chi connectivity index (χ0v) is 19.6. The number of aromatic hydroxyl groups is 1. The van der Waals surface area contributed by atoms with Crippen molar-refractivity contribution >= 4 is 59.1 Å². The molecule has 12 nitrogen and oxygen atoms in total. The molecule has 184 valence electrons. The number of halogens is 2. The number of amides is 4. The molecule has 0 unspecified atom stereocenters. The van der Waals surface area contributed by atoms with Gasteiger partial charge in [-0.15, -0.1) is 0 Å². The lowest BCUT2D eigenvalue weighted by atomic mass is 10.1. The van der Waals surface area contributed by atoms with Crippen LogP contribution in [0.25, 0.3) is 0 Å². The monoisotopic (exact) mass is 516 g/mol. The van der Waals surface area contributed by atoms with Crippen LogP contribution in [0.4, 0.5) is 0 Å². The molecule has 4 N–H and O–H groups in total. The summed E-state index contributed by atoms with van der Waals surface area (Å²) in [6, 6.07) is -1.59. The Morgan fingerprint density at radius 3 is 2.35 bits per heavy atom. The highest BCUT2D eigenvalue weighted by molar-refractivity contribution is 6.37. The lowest BCUT2D eigenvalue weighted by Gasteiger charge is -2.35. The molecule has 14 heteroatoms. The first-order valence-electron chi connectivity index (χ1n) is 9.93. The normalized spacial score (nSPS) is 18.1. The second kappa shape index (κ2) is 11.2. The highest BCUT2D eigenvalue weighted by Gasteiger charge is 2.40. The van der Waals surface area contributed by atoms with E-state index in [1.165, 1.54) is 14.0 Å². The van der Waals surface area contributed by atoms with Crippen LogP contribution in [0.1, 0.15) is 36.5 Å². The average molecular weight is 517 g/mol. The number of phenolic OH excluding ortho intramolecular Hbond substituents is 1. The summed E-state index contributed by atoms with van der Waals surface area (Å²) in [6.07, 6.45) is -0.630. The van der Waals surface area contributed by atoms with Crippen LogP contribution in [-0.4, -0.2) is 81.3 Å². The highest BCUT2D eigenvalue weighted by Crippen LogP contribution is 2.32. The van der Waals surface area contributed by atoms with Gasteiger partial charge in [-0.25, -0.2) is 5.01 Å². The van der Waals surface area contributed by atoms with Crippen molar-refractivity contribution in [2.75, 3.05) is 7.05 Å². The number of hydrogen-bond acceptors (Lipinski definition) is 7. The van der Waals surface area contributed by atoms with Gasteiger partial charge in [0.15, 0.2) is 5.75 Å². The molecule has 0 saturated carbocycles. The van der Waals surface area contributed by atoms with E-state index in [0.717, 1.165) is 22.2 Å². The molecular formula is C20H22Cl2N4O8. The Morgan fingerprint density at radius 2 is 1.82 bits per heavy atom. The summed E-state index contributed by atoms with van der Waals surface area (Å²) in [6.45, 7) is 1.28. The predicted octanol–water partition coefficient (Wildman–Crippen LogP) is 0.340. The van der Waals surface area contributed by atoms with Gasteiger partial charge in [0, 0.05) is 19.0 Å². The van der Waals surface area contributed by atoms with Crippen LogP contribution in [-0.2, 0) is 24.0 Å². The molecule has 0 aromatic heterocycles. The number of nitrogens with zero attached hydrogens (tertiary/aromatic N) is 2. The van der Waals surface area contributed by atoms with Gasteiger partial charge in [-0.1, -0.05) is 23.2 Å². The van der Waals surface area contributed by atoms with Crippen molar-refractivity contribution in [3.05, 3.63) is 27.7 Å². The van der Waals surface area contributed by atoms with Gasteiger partial charge in [0.25, 0.3) is 11.8 Å². The number of aldehydes is 1. The first kappa shape index (κ1) is 26.9. The minimum atomic E-state index is -1.34. The van der Waals surface area contributed by atoms with E-state index in [4.69, 9.17) is 28.3 Å². The SMILES string of the molecule is C[C@H](C(=O)N[C@H](C=O)CC(=O)O)N1C(=O)[C@@H](NC(=O)c2cc(Cl)c(O)c(Cl)c2)CCC(=O)N1C. The van der Waals surface area contributed by atoms with E-state index in [1.54, 1.807) is 0 Å². The summed E-state index contributed by atoms with van der Waals surface area (Å²) in [5.41, 5.74) is -0.0515. The Kier molecular flexibility index (Phi) is 8.82. The molecule has 1 aliphatic heterocycles. The van der Waals surface area contributed by atoms with Crippen LogP contribution >= 0.6 is 23.2 Å². The average Bonchev–Trinajstić information content (AvgIpc) is 2.87. The zero-order valence-electron chi connectivity index (χ0n) is 18.1. The number of hydrazine groups is 1. The molecule has 0 bridgehead atoms. The van der Waals surface area contributed by atoms with Crippen molar-refractivity contribution in [3.8, 4) is 5.75 Å². The van der Waals surface area contributed by atoms with Crippen molar-refractivity contribution in [2.24, 2.45) is 0 Å². The summed E-state index contributed by atoms with van der Waals surface area (Å²) in [7, 11) is 1.27. The van der Waals surface area contributed by atoms with Crippen molar-refractivity contribution in [3.63, 3.8) is 0 Å². The van der Waals surface area contributed by atoms with E-state index in [2.05, 4.69) is 10.6 Å². The molecule has 0 aliphatic carbocycles. The Balaban J connectivity index is 2.25. The van der Waals surface area contributed by atoms with Crippen LogP contribution in [0.5, 0.6) is 5.75 Å². The molecule has 34 heavy (non-hydrogen) atoms. The Bertz CT molecular complexity index is 1010. The number of nitrogens with one attached hydrogen (secondary N) is 2. The minimum Gasteiger partial charge on any atom is -0.505 e. The van der Waals surface area contributed by atoms with Gasteiger partial charge in [0.2, 0.25) is 11.8 Å². The molecule has 3 atom stereocenters. The second-order valence-corrected chi connectivity index (χ2v) is 8.29. The number of carboxylic acid groups (broad SMARTS) is 1. The summed E-state index contributed by atoms with van der Waals surface area (Å²) in [5.74, 6) is -4.69. The highest BCUT2D eigenvalue weighted by atomic mass is 35.5. The lowest BCUT2D eigenvalue weighted by Crippen LogP contribution is -2.60. The molecule has 1 aliphatic rings. The number of hydrogen-bond donors (Lipinski definition) is 4. The topological polar surface area (TPSA) is 173 Å². The predicted molar refractivity (Wildman–Crippen MR) is 118 cm³/mol. The van der Waals surface area contributed by atoms with Crippen LogP contribution in [0.2, 0.25) is 10.0 Å². The maximum absolute atomic E-state index is 13.2. The van der Waals surface area contributed by atoms with Crippen LogP contribution in [0, 0.1) is 0 Å². The second-order valence-electron chi connectivity index (χ2n) is 7.48. The van der Waals surface area contributed by atoms with Crippen LogP contribution in [0.15, 0.2) is 12.1 Å². The number of carbonyl (C=O) groups excluding carboxylic acids is 5. The molecule has 2 rings (SSSR count). The van der Waals surface area contributed by atoms with Crippen molar-refractivity contribution in [1.82, 2.24) is 20.7 Å². The fourth-order valence-corrected chi connectivity index (χ4v) is 3.73. The number of carboxylic acids is 1. The Labute approximate surface area is 203 Å². The standard InChI is InChI=1S/C20H22Cl2N4O8/c1-9(18(32)23-11(8-27)7-16(29)30)26-20(34)14(3-4-15(28)25(26)2)24-19(33)10-5-12(21)17(31)13(22)6-10/h5-6,8-9,11,14,31H,3-4,7H2,1-2H3,(H,23,32)(H,24,33)(H,29,30)/t9-,11+,14+/m1/s1. The van der Waals surface area contributed by atoms with Gasteiger partial charge >= 0.3 is 5.97 Å². The summed E-state index contributed by atoms with van der Waals surface area (Å²) in [5, 5.41) is 24.6. The third-order valence-corrected chi connectivity index (χ3v) is 5.65. The molecule has 0 spiro atoms. The fourth-order valence-electron chi connectivity index (χ4n) is 3.24. The van der Waals surface area contributed by atoms with Gasteiger partial charge in [0.05, 0.1) is 22.5 Å². The van der Waals surface area contributed by atoms with Crippen LogP contribution in [0.3, 0.4) is 0 Å². The molecule has 4 amide bonds. The first-order valence-corrected chi connectivity index (χ1v) is 10.7. The van der Waals surface area contributed by atoms with Crippen molar-refractivity contribution < 1.29 is 39.0 Å². The largest absolute Gasteiger partial charge is 0.505 e. The Morgan fingerprint density at radius 1 is 1.24 bits per heavy atom. The molecular weight excluding hydrogens is 495 g/mol. The number of benzene rings is 1. The molecule has 1 fully saturated rings. The van der Waals surface area contributed by atoms with E-state index < -0.39 is 59.9 Å². The third kappa shape index (κ3) is 6.14. The van der Waals surface area contributed by atoms with E-state index in [1.807, 2.05) is 0 Å². The maximum atomic E-state index is 13.2. The fraction of sp³-hybridized carbons (Fsp3) is 0.400. The quantitative estimate of drug-likeness (QED) is 0.357. The number of rotatable bonds is 8. The molecule has 1 heterocycles. The van der Waals surface area contributed by atoms with Crippen LogP contribution < -0.4 is 10.6 Å². The summed E-state index contributed by atoms with van der Waals surface area (Å²) < 4.78 is 0. The van der Waals surface area contributed by atoms with E-state index in [9.17, 15) is 33.9 Å². The third-order valence-electron chi connectivity index (χ3n) is 5.07. The first-order chi connectivity index (χ1) is 15.9. The molecule has 1 saturated heterocycles.